The molecule has 0 fully saturated rings. The number of aromatic nitrogens is 2. The molecule has 1 aromatic carbocycles. The van der Waals surface area contributed by atoms with Crippen LogP contribution in [0.25, 0.3) is 11.0 Å². The van der Waals surface area contributed by atoms with E-state index in [1.165, 1.54) is 6.92 Å². The van der Waals surface area contributed by atoms with Crippen molar-refractivity contribution in [1.29, 1.82) is 0 Å². The average Bonchev–Trinajstić information content (AvgIpc) is 2.68. The highest BCUT2D eigenvalue weighted by atomic mass is 16.1. The van der Waals surface area contributed by atoms with E-state index in [-0.39, 0.29) is 5.91 Å². The third-order valence-corrected chi connectivity index (χ3v) is 2.48. The van der Waals surface area contributed by atoms with Gasteiger partial charge in [0.1, 0.15) is 0 Å². The van der Waals surface area contributed by atoms with Crippen LogP contribution in [-0.4, -0.2) is 22.0 Å². The maximum absolute atomic E-state index is 10.7. The lowest BCUT2D eigenvalue weighted by molar-refractivity contribution is -0.118. The van der Waals surface area contributed by atoms with Crippen LogP contribution in [0.3, 0.4) is 0 Å². The summed E-state index contributed by atoms with van der Waals surface area (Å²) in [5.74, 6) is 0.0236. The molecule has 2 aromatic rings. The Morgan fingerprint density at radius 2 is 2.25 bits per heavy atom. The molecule has 1 aromatic heterocycles. The Hall–Kier alpha value is -1.84. The molecule has 0 radical (unpaired) electrons. The lowest BCUT2D eigenvalue weighted by atomic mass is 10.3. The maximum atomic E-state index is 10.7. The van der Waals surface area contributed by atoms with Crippen LogP contribution >= 0.6 is 0 Å². The van der Waals surface area contributed by atoms with Gasteiger partial charge in [0.15, 0.2) is 0 Å². The van der Waals surface area contributed by atoms with Gasteiger partial charge in [0.05, 0.1) is 17.4 Å². The Bertz CT molecular complexity index is 490. The number of amides is 1. The quantitative estimate of drug-likeness (QED) is 0.790. The molecule has 1 amide bonds. The number of imidazole rings is 1. The van der Waals surface area contributed by atoms with Crippen molar-refractivity contribution in [3.8, 4) is 0 Å². The summed E-state index contributed by atoms with van der Waals surface area (Å²) in [7, 11) is 0. The lowest BCUT2D eigenvalue weighted by Crippen LogP contribution is -2.21. The predicted molar refractivity (Wildman–Crippen MR) is 63.0 cm³/mol. The number of rotatable bonds is 4. The van der Waals surface area contributed by atoms with Crippen molar-refractivity contribution < 1.29 is 4.79 Å². The summed E-state index contributed by atoms with van der Waals surface area (Å²) in [5, 5.41) is 2.78. The molecule has 0 saturated carbocycles. The summed E-state index contributed by atoms with van der Waals surface area (Å²) >= 11 is 0. The zero-order valence-electron chi connectivity index (χ0n) is 9.31. The molecule has 2 rings (SSSR count). The van der Waals surface area contributed by atoms with Crippen molar-refractivity contribution in [1.82, 2.24) is 14.9 Å². The number of fused-ring (bicyclic) bond motifs is 1. The molecule has 1 heterocycles. The molecule has 4 nitrogen and oxygen atoms in total. The summed E-state index contributed by atoms with van der Waals surface area (Å²) < 4.78 is 2.11. The molecule has 4 heteroatoms. The van der Waals surface area contributed by atoms with Gasteiger partial charge in [0.2, 0.25) is 5.91 Å². The minimum absolute atomic E-state index is 0.0236. The number of carbonyl (C=O) groups excluding carboxylic acids is 1. The molecular weight excluding hydrogens is 202 g/mol. The molecule has 0 aliphatic carbocycles. The summed E-state index contributed by atoms with van der Waals surface area (Å²) in [5.41, 5.74) is 2.16. The minimum Gasteiger partial charge on any atom is -0.356 e. The van der Waals surface area contributed by atoms with E-state index in [2.05, 4.69) is 20.9 Å². The van der Waals surface area contributed by atoms with Crippen molar-refractivity contribution >= 4 is 16.9 Å². The Labute approximate surface area is 94.3 Å². The number of para-hydroxylation sites is 2. The fourth-order valence-corrected chi connectivity index (χ4v) is 1.70. The van der Waals surface area contributed by atoms with Gasteiger partial charge >= 0.3 is 0 Å². The Balaban J connectivity index is 1.97. The molecule has 0 atom stereocenters. The van der Waals surface area contributed by atoms with E-state index >= 15 is 0 Å². The lowest BCUT2D eigenvalue weighted by Gasteiger charge is -2.04. The van der Waals surface area contributed by atoms with Crippen molar-refractivity contribution in [3.63, 3.8) is 0 Å². The van der Waals surface area contributed by atoms with Crippen molar-refractivity contribution in [2.75, 3.05) is 6.54 Å². The van der Waals surface area contributed by atoms with Crippen LogP contribution in [0.2, 0.25) is 0 Å². The number of hydrogen-bond donors (Lipinski definition) is 1. The Morgan fingerprint density at radius 3 is 3.06 bits per heavy atom. The van der Waals surface area contributed by atoms with E-state index in [4.69, 9.17) is 0 Å². The van der Waals surface area contributed by atoms with Gasteiger partial charge in [-0.3, -0.25) is 4.79 Å². The van der Waals surface area contributed by atoms with Gasteiger partial charge in [-0.1, -0.05) is 12.1 Å². The fourth-order valence-electron chi connectivity index (χ4n) is 1.70. The van der Waals surface area contributed by atoms with Crippen LogP contribution in [0.4, 0.5) is 0 Å². The highest BCUT2D eigenvalue weighted by Crippen LogP contribution is 2.11. The molecule has 0 bridgehead atoms. The second-order valence-corrected chi connectivity index (χ2v) is 3.76. The van der Waals surface area contributed by atoms with Crippen LogP contribution < -0.4 is 5.32 Å². The fraction of sp³-hybridized carbons (Fsp3) is 0.333. The first-order chi connectivity index (χ1) is 7.77. The average molecular weight is 217 g/mol. The first-order valence-electron chi connectivity index (χ1n) is 5.41. The molecule has 0 saturated heterocycles. The number of nitrogens with one attached hydrogen (secondary N) is 1. The SMILES string of the molecule is CC(=O)NCCCn1cnc2ccccc21. The highest BCUT2D eigenvalue weighted by Gasteiger charge is 2.00. The molecular formula is C12H15N3O. The summed E-state index contributed by atoms with van der Waals surface area (Å²) in [4.78, 5) is 15.0. The van der Waals surface area contributed by atoms with Gasteiger partial charge in [-0.2, -0.15) is 0 Å². The molecule has 0 aliphatic rings. The monoisotopic (exact) mass is 217 g/mol. The van der Waals surface area contributed by atoms with Gasteiger partial charge < -0.3 is 9.88 Å². The molecule has 0 aliphatic heterocycles. The van der Waals surface area contributed by atoms with Crippen molar-refractivity contribution in [2.24, 2.45) is 0 Å². The maximum Gasteiger partial charge on any atom is 0.216 e. The Kier molecular flexibility index (Phi) is 3.19. The van der Waals surface area contributed by atoms with Gasteiger partial charge in [-0.15, -0.1) is 0 Å². The summed E-state index contributed by atoms with van der Waals surface area (Å²) in [6.45, 7) is 3.12. The van der Waals surface area contributed by atoms with E-state index in [1.807, 2.05) is 24.5 Å². The summed E-state index contributed by atoms with van der Waals surface area (Å²) in [6.07, 6.45) is 2.76. The molecule has 84 valence electrons. The largest absolute Gasteiger partial charge is 0.356 e. The second-order valence-electron chi connectivity index (χ2n) is 3.76. The smallest absolute Gasteiger partial charge is 0.216 e. The highest BCUT2D eigenvalue weighted by molar-refractivity contribution is 5.75. The number of aryl methyl sites for hydroxylation is 1. The first kappa shape index (κ1) is 10.7. The number of carbonyl (C=O) groups is 1. The van der Waals surface area contributed by atoms with Crippen LogP contribution in [0.15, 0.2) is 30.6 Å². The molecule has 16 heavy (non-hydrogen) atoms. The van der Waals surface area contributed by atoms with Crippen LogP contribution in [-0.2, 0) is 11.3 Å². The van der Waals surface area contributed by atoms with Gasteiger partial charge in [-0.05, 0) is 18.6 Å². The zero-order valence-corrected chi connectivity index (χ0v) is 9.31. The third kappa shape index (κ3) is 2.39. The molecule has 0 spiro atoms. The predicted octanol–water partition coefficient (Wildman–Crippen LogP) is 1.56. The third-order valence-electron chi connectivity index (χ3n) is 2.48. The van der Waals surface area contributed by atoms with E-state index < -0.39 is 0 Å². The number of benzene rings is 1. The van der Waals surface area contributed by atoms with E-state index in [1.54, 1.807) is 0 Å². The first-order valence-corrected chi connectivity index (χ1v) is 5.41. The topological polar surface area (TPSA) is 46.9 Å². The van der Waals surface area contributed by atoms with Gasteiger partial charge in [0, 0.05) is 20.0 Å². The van der Waals surface area contributed by atoms with Crippen LogP contribution in [0.1, 0.15) is 13.3 Å². The normalized spacial score (nSPS) is 10.6. The Morgan fingerprint density at radius 1 is 1.44 bits per heavy atom. The van der Waals surface area contributed by atoms with E-state index in [0.717, 1.165) is 24.0 Å². The van der Waals surface area contributed by atoms with Gasteiger partial charge in [0.25, 0.3) is 0 Å². The van der Waals surface area contributed by atoms with Crippen LogP contribution in [0.5, 0.6) is 0 Å². The van der Waals surface area contributed by atoms with Crippen molar-refractivity contribution in [3.05, 3.63) is 30.6 Å². The number of hydrogen-bond acceptors (Lipinski definition) is 2. The molecule has 1 N–H and O–H groups in total. The van der Waals surface area contributed by atoms with E-state index in [9.17, 15) is 4.79 Å². The van der Waals surface area contributed by atoms with E-state index in [0.29, 0.717) is 6.54 Å². The minimum atomic E-state index is 0.0236. The van der Waals surface area contributed by atoms with Gasteiger partial charge in [-0.25, -0.2) is 4.98 Å². The zero-order chi connectivity index (χ0) is 11.4. The van der Waals surface area contributed by atoms with Crippen LogP contribution in [0, 0.1) is 0 Å². The standard InChI is InChI=1S/C12H15N3O/c1-10(16)13-7-4-8-15-9-14-11-5-2-3-6-12(11)15/h2-3,5-6,9H,4,7-8H2,1H3,(H,13,16). The second kappa shape index (κ2) is 4.79. The molecule has 0 unspecified atom stereocenters. The number of nitrogens with zero attached hydrogens (tertiary/aromatic N) is 2. The summed E-state index contributed by atoms with van der Waals surface area (Å²) in [6, 6.07) is 8.05. The van der Waals surface area contributed by atoms with Crippen molar-refractivity contribution in [2.45, 2.75) is 19.9 Å².